The number of Topliss-reactive ketones (excluding diaryl/α,β-unsaturated/α-hetero) is 1. The Balaban J connectivity index is 1.31. The summed E-state index contributed by atoms with van der Waals surface area (Å²) < 4.78 is 5.58. The number of benzene rings is 1. The van der Waals surface area contributed by atoms with Crippen LogP contribution in [0.3, 0.4) is 0 Å². The summed E-state index contributed by atoms with van der Waals surface area (Å²) in [6.07, 6.45) is 9.69. The molecular weight excluding hydrogens is 626 g/mol. The Hall–Kier alpha value is -3.96. The summed E-state index contributed by atoms with van der Waals surface area (Å²) in [5.74, 6) is -3.04. The largest absolute Gasteiger partial charge is 0.459 e. The second kappa shape index (κ2) is 15.7. The summed E-state index contributed by atoms with van der Waals surface area (Å²) in [5.41, 5.74) is 5.47. The lowest BCUT2D eigenvalue weighted by Gasteiger charge is -2.40. The van der Waals surface area contributed by atoms with Crippen LogP contribution < -0.4 is 21.7 Å². The van der Waals surface area contributed by atoms with Crippen molar-refractivity contribution in [2.75, 3.05) is 0 Å². The van der Waals surface area contributed by atoms with E-state index in [1.165, 1.54) is 0 Å². The van der Waals surface area contributed by atoms with Crippen LogP contribution in [-0.4, -0.2) is 70.6 Å². The average molecular weight is 680 g/mol. The molecule has 2 bridgehead atoms. The lowest BCUT2D eigenvalue weighted by molar-refractivity contribution is -0.150. The monoisotopic (exact) mass is 679 g/mol. The Labute approximate surface area is 289 Å². The van der Waals surface area contributed by atoms with Gasteiger partial charge >= 0.3 is 12.0 Å². The van der Waals surface area contributed by atoms with Crippen molar-refractivity contribution in [1.82, 2.24) is 20.9 Å². The van der Waals surface area contributed by atoms with Crippen LogP contribution in [0.5, 0.6) is 0 Å². The summed E-state index contributed by atoms with van der Waals surface area (Å²) in [6.45, 7) is 5.55. The van der Waals surface area contributed by atoms with Gasteiger partial charge in [-0.3, -0.25) is 19.2 Å². The van der Waals surface area contributed by atoms with E-state index in [0.717, 1.165) is 63.4 Å². The van der Waals surface area contributed by atoms with Crippen LogP contribution in [0.25, 0.3) is 0 Å². The molecule has 1 aromatic rings. The molecule has 268 valence electrons. The highest BCUT2D eigenvalue weighted by molar-refractivity contribution is 6.37. The van der Waals surface area contributed by atoms with Gasteiger partial charge in [0.2, 0.25) is 17.6 Å². The minimum atomic E-state index is -1.09. The second-order valence-corrected chi connectivity index (χ2v) is 15.6. The lowest BCUT2D eigenvalue weighted by Crippen LogP contribution is -2.63. The zero-order chi connectivity index (χ0) is 35.3. The Kier molecular flexibility index (Phi) is 11.7. The van der Waals surface area contributed by atoms with Gasteiger partial charge < -0.3 is 31.3 Å². The van der Waals surface area contributed by atoms with E-state index in [4.69, 9.17) is 10.5 Å². The molecule has 3 aliphatic carbocycles. The Morgan fingerprint density at radius 1 is 0.898 bits per heavy atom. The zero-order valence-corrected chi connectivity index (χ0v) is 29.1. The van der Waals surface area contributed by atoms with E-state index >= 15 is 0 Å². The number of hydrogen-bond donors (Lipinski definition) is 4. The minimum absolute atomic E-state index is 0.0617. The molecule has 5 rings (SSSR count). The molecule has 5 N–H and O–H groups in total. The van der Waals surface area contributed by atoms with Crippen molar-refractivity contribution in [2.24, 2.45) is 28.9 Å². The molecule has 4 aliphatic rings. The van der Waals surface area contributed by atoms with Crippen molar-refractivity contribution in [1.29, 1.82) is 0 Å². The quantitative estimate of drug-likeness (QED) is 0.172. The number of ether oxygens (including phenoxy) is 1. The van der Waals surface area contributed by atoms with Crippen LogP contribution in [0.15, 0.2) is 30.3 Å². The van der Waals surface area contributed by atoms with E-state index in [-0.39, 0.29) is 30.4 Å². The molecule has 0 spiro atoms. The van der Waals surface area contributed by atoms with E-state index in [1.807, 2.05) is 51.1 Å². The number of nitrogens with one attached hydrogen (secondary N) is 3. The van der Waals surface area contributed by atoms with Crippen LogP contribution >= 0.6 is 0 Å². The number of likely N-dealkylation sites (tertiary alicyclic amines) is 1. The molecule has 1 saturated heterocycles. The van der Waals surface area contributed by atoms with Gasteiger partial charge in [-0.1, -0.05) is 83.2 Å². The number of carbonyl (C=O) groups is 6. The Bertz CT molecular complexity index is 1380. The van der Waals surface area contributed by atoms with Crippen molar-refractivity contribution in [3.63, 3.8) is 0 Å². The fourth-order valence-corrected chi connectivity index (χ4v) is 7.91. The molecule has 3 saturated carbocycles. The standard InChI is InChI=1S/C37H53N5O7/c1-37(2,3)31(35(47)49-21-23-10-6-4-7-11-23)41-36(48)40-28(24-12-8-5-9-13-24)34(46)42-26-18-17-25(20-26)29(42)33(45)39-27(30(43)32(38)44)19-16-22-14-15-22/h4,6-7,10-11,22,24-29,31H,5,8-9,12-21H2,1-3H3,(H2,38,44)(H,39,45)(H2,40,41,48)/t25?,26?,27?,28-,29-,31+/m0/s1. The first-order valence-electron chi connectivity index (χ1n) is 18.1. The van der Waals surface area contributed by atoms with Gasteiger partial charge in [0.25, 0.3) is 5.91 Å². The van der Waals surface area contributed by atoms with E-state index in [0.29, 0.717) is 25.2 Å². The van der Waals surface area contributed by atoms with Gasteiger partial charge in [-0.25, -0.2) is 9.59 Å². The minimum Gasteiger partial charge on any atom is -0.459 e. The highest BCUT2D eigenvalue weighted by Gasteiger charge is 2.53. The number of nitrogens with zero attached hydrogens (tertiary/aromatic N) is 1. The molecule has 5 amide bonds. The van der Waals surface area contributed by atoms with E-state index in [2.05, 4.69) is 16.0 Å². The molecule has 49 heavy (non-hydrogen) atoms. The zero-order valence-electron chi connectivity index (χ0n) is 29.1. The predicted molar refractivity (Wildman–Crippen MR) is 181 cm³/mol. The number of hydrogen-bond acceptors (Lipinski definition) is 7. The predicted octanol–water partition coefficient (Wildman–Crippen LogP) is 3.50. The van der Waals surface area contributed by atoms with Crippen molar-refractivity contribution in [2.45, 2.75) is 135 Å². The molecule has 3 unspecified atom stereocenters. The van der Waals surface area contributed by atoms with Crippen LogP contribution in [-0.2, 0) is 35.3 Å². The number of amides is 5. The highest BCUT2D eigenvalue weighted by Crippen LogP contribution is 2.44. The third-order valence-corrected chi connectivity index (χ3v) is 10.8. The normalized spacial score (nSPS) is 24.0. The fourth-order valence-electron chi connectivity index (χ4n) is 7.91. The van der Waals surface area contributed by atoms with Gasteiger partial charge in [0.15, 0.2) is 0 Å². The van der Waals surface area contributed by atoms with E-state index in [9.17, 15) is 28.8 Å². The van der Waals surface area contributed by atoms with E-state index in [1.54, 1.807) is 4.90 Å². The van der Waals surface area contributed by atoms with Gasteiger partial charge in [0.1, 0.15) is 24.7 Å². The second-order valence-electron chi connectivity index (χ2n) is 15.6. The number of nitrogens with two attached hydrogens (primary N) is 1. The fraction of sp³-hybridized carbons (Fsp3) is 0.676. The summed E-state index contributed by atoms with van der Waals surface area (Å²) in [4.78, 5) is 81.6. The summed E-state index contributed by atoms with van der Waals surface area (Å²) in [6, 6.07) is 4.71. The molecule has 0 radical (unpaired) electrons. The Morgan fingerprint density at radius 3 is 2.22 bits per heavy atom. The van der Waals surface area contributed by atoms with Gasteiger partial charge in [0.05, 0.1) is 6.04 Å². The number of ketones is 1. The van der Waals surface area contributed by atoms with Gasteiger partial charge in [-0.2, -0.15) is 0 Å². The van der Waals surface area contributed by atoms with Crippen molar-refractivity contribution < 1.29 is 33.5 Å². The molecule has 12 nitrogen and oxygen atoms in total. The topological polar surface area (TPSA) is 177 Å². The van der Waals surface area contributed by atoms with E-state index < -0.39 is 59.2 Å². The van der Waals surface area contributed by atoms with Crippen LogP contribution in [0, 0.1) is 23.2 Å². The summed E-state index contributed by atoms with van der Waals surface area (Å²) in [5, 5.41) is 8.53. The Morgan fingerprint density at radius 2 is 1.59 bits per heavy atom. The molecule has 4 fully saturated rings. The molecule has 12 heteroatoms. The lowest BCUT2D eigenvalue weighted by atomic mass is 9.82. The number of piperidine rings is 1. The first kappa shape index (κ1) is 36.3. The number of urea groups is 1. The van der Waals surface area contributed by atoms with Crippen LogP contribution in [0.1, 0.15) is 103 Å². The maximum Gasteiger partial charge on any atom is 0.329 e. The average Bonchev–Trinajstić information content (AvgIpc) is 3.68. The number of fused-ring (bicyclic) bond motifs is 2. The van der Waals surface area contributed by atoms with Crippen LogP contribution in [0.2, 0.25) is 0 Å². The van der Waals surface area contributed by atoms with Crippen molar-refractivity contribution >= 4 is 35.5 Å². The third-order valence-electron chi connectivity index (χ3n) is 10.8. The number of primary amides is 1. The summed E-state index contributed by atoms with van der Waals surface area (Å²) >= 11 is 0. The molecule has 6 atom stereocenters. The number of carbonyl (C=O) groups excluding carboxylic acids is 6. The maximum atomic E-state index is 14.6. The first-order chi connectivity index (χ1) is 23.3. The third kappa shape index (κ3) is 9.19. The molecule has 0 aromatic heterocycles. The van der Waals surface area contributed by atoms with Gasteiger partial charge in [0, 0.05) is 6.04 Å². The molecular formula is C37H53N5O7. The molecule has 1 heterocycles. The number of rotatable bonds is 14. The smallest absolute Gasteiger partial charge is 0.329 e. The van der Waals surface area contributed by atoms with Crippen LogP contribution in [0.4, 0.5) is 4.79 Å². The summed E-state index contributed by atoms with van der Waals surface area (Å²) in [7, 11) is 0. The van der Waals surface area contributed by atoms with Crippen molar-refractivity contribution in [3.8, 4) is 0 Å². The SMILES string of the molecule is CC(C)(C)[C@H](NC(=O)N[C@H](C(=O)N1C2CCC(C2)[C@H]1C(=O)NC(CCC1CC1)C(=O)C(N)=O)C1CCCCC1)C(=O)OCc1ccccc1. The molecule has 1 aromatic carbocycles. The van der Waals surface area contributed by atoms with Gasteiger partial charge in [-0.15, -0.1) is 0 Å². The van der Waals surface area contributed by atoms with Crippen molar-refractivity contribution in [3.05, 3.63) is 35.9 Å². The highest BCUT2D eigenvalue weighted by atomic mass is 16.5. The van der Waals surface area contributed by atoms with Gasteiger partial charge in [-0.05, 0) is 73.7 Å². The molecule has 1 aliphatic heterocycles. The number of esters is 1. The first-order valence-corrected chi connectivity index (χ1v) is 18.1. The maximum absolute atomic E-state index is 14.6.